The first kappa shape index (κ1) is 12.4. The predicted octanol–water partition coefficient (Wildman–Crippen LogP) is 2.28. The Labute approximate surface area is 106 Å². The van der Waals surface area contributed by atoms with Gasteiger partial charge in [0.1, 0.15) is 5.69 Å². The monoisotopic (exact) mass is 253 g/mol. The molecular formula is C12H19N3OS. The van der Waals surface area contributed by atoms with Gasteiger partial charge in [-0.15, -0.1) is 11.3 Å². The van der Waals surface area contributed by atoms with Gasteiger partial charge < -0.3 is 11.1 Å². The lowest BCUT2D eigenvalue weighted by atomic mass is 9.78. The number of aromatic nitrogens is 1. The number of hydrogen-bond acceptors (Lipinski definition) is 4. The molecule has 2 rings (SSSR count). The number of nitrogens with one attached hydrogen (secondary N) is 1. The average Bonchev–Trinajstić information content (AvgIpc) is 2.72. The summed E-state index contributed by atoms with van der Waals surface area (Å²) in [7, 11) is 0. The van der Waals surface area contributed by atoms with Gasteiger partial charge in [0.15, 0.2) is 5.13 Å². The van der Waals surface area contributed by atoms with Gasteiger partial charge in [-0.25, -0.2) is 4.98 Å². The van der Waals surface area contributed by atoms with Crippen molar-refractivity contribution in [3.05, 3.63) is 11.1 Å². The summed E-state index contributed by atoms with van der Waals surface area (Å²) in [5.74, 6) is 1.11. The van der Waals surface area contributed by atoms with E-state index in [9.17, 15) is 4.79 Å². The fraction of sp³-hybridized carbons (Fsp3) is 0.667. The lowest BCUT2D eigenvalue weighted by Crippen LogP contribution is -2.43. The molecule has 3 atom stereocenters. The maximum atomic E-state index is 12.0. The first-order valence-corrected chi connectivity index (χ1v) is 6.97. The molecule has 0 aliphatic heterocycles. The highest BCUT2D eigenvalue weighted by Gasteiger charge is 2.28. The summed E-state index contributed by atoms with van der Waals surface area (Å²) in [5.41, 5.74) is 5.97. The second kappa shape index (κ2) is 5.04. The van der Waals surface area contributed by atoms with Crippen LogP contribution in [0.1, 0.15) is 43.6 Å². The number of anilines is 1. The molecule has 0 radical (unpaired) electrons. The molecule has 1 aromatic heterocycles. The zero-order chi connectivity index (χ0) is 12.4. The number of hydrogen-bond donors (Lipinski definition) is 2. The van der Waals surface area contributed by atoms with Crippen molar-refractivity contribution in [3.63, 3.8) is 0 Å². The minimum atomic E-state index is -0.0936. The summed E-state index contributed by atoms with van der Waals surface area (Å²) in [6, 6.07) is 0.272. The van der Waals surface area contributed by atoms with Crippen molar-refractivity contribution in [2.75, 3.05) is 5.73 Å². The Kier molecular flexibility index (Phi) is 3.66. The van der Waals surface area contributed by atoms with E-state index in [1.807, 2.05) is 0 Å². The van der Waals surface area contributed by atoms with Crippen molar-refractivity contribution in [1.29, 1.82) is 0 Å². The minimum Gasteiger partial charge on any atom is -0.375 e. The van der Waals surface area contributed by atoms with E-state index in [2.05, 4.69) is 24.1 Å². The highest BCUT2D eigenvalue weighted by molar-refractivity contribution is 7.13. The first-order chi connectivity index (χ1) is 8.08. The maximum Gasteiger partial charge on any atom is 0.271 e. The second-order valence-corrected chi connectivity index (χ2v) is 5.81. The van der Waals surface area contributed by atoms with Gasteiger partial charge in [0, 0.05) is 11.4 Å². The second-order valence-electron chi connectivity index (χ2n) is 4.92. The standard InChI is InChI=1S/C12H19N3OS/c1-7-4-3-5-9(8(7)2)14-11(16)10-6-17-12(13)15-10/h6-9H,3-5H2,1-2H3,(H2,13,15)(H,14,16). The third-order valence-electron chi connectivity index (χ3n) is 3.78. The molecule has 4 nitrogen and oxygen atoms in total. The van der Waals surface area contributed by atoms with Crippen LogP contribution in [0.25, 0.3) is 0 Å². The Bertz CT molecular complexity index is 404. The molecule has 5 heteroatoms. The summed E-state index contributed by atoms with van der Waals surface area (Å²) in [6.07, 6.45) is 3.52. The van der Waals surface area contributed by atoms with E-state index < -0.39 is 0 Å². The molecule has 3 unspecified atom stereocenters. The van der Waals surface area contributed by atoms with Gasteiger partial charge in [0.05, 0.1) is 0 Å². The Morgan fingerprint density at radius 2 is 2.29 bits per heavy atom. The summed E-state index contributed by atoms with van der Waals surface area (Å²) in [4.78, 5) is 16.0. The number of carbonyl (C=O) groups is 1. The van der Waals surface area contributed by atoms with E-state index in [0.29, 0.717) is 22.7 Å². The Balaban J connectivity index is 1.98. The average molecular weight is 253 g/mol. The van der Waals surface area contributed by atoms with Crippen LogP contribution < -0.4 is 11.1 Å². The van der Waals surface area contributed by atoms with Crippen LogP contribution in [0.4, 0.5) is 5.13 Å². The van der Waals surface area contributed by atoms with Crippen LogP contribution >= 0.6 is 11.3 Å². The van der Waals surface area contributed by atoms with Crippen LogP contribution in [0.2, 0.25) is 0 Å². The molecule has 0 spiro atoms. The molecule has 0 saturated heterocycles. The number of thiazole rings is 1. The molecule has 1 amide bonds. The van der Waals surface area contributed by atoms with Crippen molar-refractivity contribution >= 4 is 22.4 Å². The Morgan fingerprint density at radius 1 is 1.53 bits per heavy atom. The van der Waals surface area contributed by atoms with Crippen molar-refractivity contribution in [3.8, 4) is 0 Å². The molecule has 0 aromatic carbocycles. The molecule has 3 N–H and O–H groups in total. The van der Waals surface area contributed by atoms with E-state index in [-0.39, 0.29) is 11.9 Å². The Hall–Kier alpha value is -1.10. The number of nitrogen functional groups attached to an aromatic ring is 1. The van der Waals surface area contributed by atoms with Gasteiger partial charge >= 0.3 is 0 Å². The van der Waals surface area contributed by atoms with E-state index >= 15 is 0 Å². The van der Waals surface area contributed by atoms with E-state index in [4.69, 9.17) is 5.73 Å². The lowest BCUT2D eigenvalue weighted by Gasteiger charge is -2.34. The van der Waals surface area contributed by atoms with Gasteiger partial charge in [0.25, 0.3) is 5.91 Å². The quantitative estimate of drug-likeness (QED) is 0.849. The lowest BCUT2D eigenvalue weighted by molar-refractivity contribution is 0.0887. The van der Waals surface area contributed by atoms with Crippen molar-refractivity contribution in [2.24, 2.45) is 11.8 Å². The third kappa shape index (κ3) is 2.77. The van der Waals surface area contributed by atoms with Crippen molar-refractivity contribution in [1.82, 2.24) is 10.3 Å². The number of nitrogens with zero attached hydrogens (tertiary/aromatic N) is 1. The van der Waals surface area contributed by atoms with Gasteiger partial charge in [0.2, 0.25) is 0 Å². The van der Waals surface area contributed by atoms with Crippen molar-refractivity contribution < 1.29 is 4.79 Å². The fourth-order valence-electron chi connectivity index (χ4n) is 2.42. The number of nitrogens with two attached hydrogens (primary N) is 1. The van der Waals surface area contributed by atoms with Gasteiger partial charge in [-0.2, -0.15) is 0 Å². The van der Waals surface area contributed by atoms with Crippen molar-refractivity contribution in [2.45, 2.75) is 39.2 Å². The number of amides is 1. The smallest absolute Gasteiger partial charge is 0.271 e. The van der Waals surface area contributed by atoms with Crippen LogP contribution in [0, 0.1) is 11.8 Å². The van der Waals surface area contributed by atoms with Crippen LogP contribution in [0.5, 0.6) is 0 Å². The first-order valence-electron chi connectivity index (χ1n) is 6.10. The SMILES string of the molecule is CC1CCCC(NC(=O)c2csc(N)n2)C1C. The Morgan fingerprint density at radius 3 is 2.94 bits per heavy atom. The normalized spacial score (nSPS) is 28.9. The van der Waals surface area contributed by atoms with Crippen LogP contribution in [-0.4, -0.2) is 16.9 Å². The van der Waals surface area contributed by atoms with Gasteiger partial charge in [-0.3, -0.25) is 4.79 Å². The van der Waals surface area contributed by atoms with E-state index in [1.165, 1.54) is 24.2 Å². The van der Waals surface area contributed by atoms with Crippen LogP contribution in [-0.2, 0) is 0 Å². The highest BCUT2D eigenvalue weighted by Crippen LogP contribution is 2.29. The zero-order valence-electron chi connectivity index (χ0n) is 10.3. The molecule has 1 aliphatic carbocycles. The van der Waals surface area contributed by atoms with Crippen LogP contribution in [0.3, 0.4) is 0 Å². The molecule has 1 heterocycles. The topological polar surface area (TPSA) is 68.0 Å². The zero-order valence-corrected chi connectivity index (χ0v) is 11.1. The highest BCUT2D eigenvalue weighted by atomic mass is 32.1. The summed E-state index contributed by atoms with van der Waals surface area (Å²) in [6.45, 7) is 4.47. The molecule has 1 aromatic rings. The summed E-state index contributed by atoms with van der Waals surface area (Å²) < 4.78 is 0. The maximum absolute atomic E-state index is 12.0. The van der Waals surface area contributed by atoms with Crippen LogP contribution in [0.15, 0.2) is 5.38 Å². The predicted molar refractivity (Wildman–Crippen MR) is 70.0 cm³/mol. The van der Waals surface area contributed by atoms with Gasteiger partial charge in [-0.05, 0) is 18.3 Å². The third-order valence-corrected chi connectivity index (χ3v) is 4.45. The minimum absolute atomic E-state index is 0.0936. The van der Waals surface area contributed by atoms with Gasteiger partial charge in [-0.1, -0.05) is 26.7 Å². The van der Waals surface area contributed by atoms with E-state index in [1.54, 1.807) is 5.38 Å². The molecule has 1 fully saturated rings. The molecular weight excluding hydrogens is 234 g/mol. The summed E-state index contributed by atoms with van der Waals surface area (Å²) >= 11 is 1.30. The number of rotatable bonds is 2. The fourth-order valence-corrected chi connectivity index (χ4v) is 2.96. The molecule has 0 bridgehead atoms. The molecule has 17 heavy (non-hydrogen) atoms. The summed E-state index contributed by atoms with van der Waals surface area (Å²) in [5, 5.41) is 5.23. The molecule has 1 saturated carbocycles. The molecule has 94 valence electrons. The molecule has 1 aliphatic rings. The largest absolute Gasteiger partial charge is 0.375 e. The van der Waals surface area contributed by atoms with E-state index in [0.717, 1.165) is 6.42 Å². The number of carbonyl (C=O) groups excluding carboxylic acids is 1.